The van der Waals surface area contributed by atoms with Gasteiger partial charge in [0, 0.05) is 24.4 Å². The van der Waals surface area contributed by atoms with Crippen LogP contribution in [0.3, 0.4) is 0 Å². The van der Waals surface area contributed by atoms with Crippen LogP contribution in [-0.2, 0) is 6.54 Å². The summed E-state index contributed by atoms with van der Waals surface area (Å²) >= 11 is 0. The summed E-state index contributed by atoms with van der Waals surface area (Å²) in [4.78, 5) is 4.38. The summed E-state index contributed by atoms with van der Waals surface area (Å²) in [5.41, 5.74) is 1.05. The molecule has 0 unspecified atom stereocenters. The van der Waals surface area contributed by atoms with Crippen LogP contribution in [0.2, 0.25) is 0 Å². The maximum atomic E-state index is 9.34. The topological polar surface area (TPSA) is 74.6 Å². The molecular formula is C13H22N2O3. The van der Waals surface area contributed by atoms with Crippen molar-refractivity contribution in [3.05, 3.63) is 23.5 Å². The number of pyridine rings is 1. The number of hydrogen-bond acceptors (Lipinski definition) is 5. The molecule has 0 saturated heterocycles. The molecule has 0 amide bonds. The van der Waals surface area contributed by atoms with Gasteiger partial charge in [0.15, 0.2) is 0 Å². The standard InChI is InChI=1S/C13H22N2O3/c1-4-13(8-16,9-17)14-7-11-6-12(18-3)5-10(2)15-11/h5-6,14,16-17H,4,7-9H2,1-3H3. The molecule has 1 aromatic heterocycles. The van der Waals surface area contributed by atoms with Crippen molar-refractivity contribution in [2.75, 3.05) is 20.3 Å². The van der Waals surface area contributed by atoms with Gasteiger partial charge in [-0.2, -0.15) is 0 Å². The third kappa shape index (κ3) is 3.66. The van der Waals surface area contributed by atoms with Crippen LogP contribution in [0.15, 0.2) is 12.1 Å². The van der Waals surface area contributed by atoms with E-state index in [0.717, 1.165) is 17.1 Å². The van der Waals surface area contributed by atoms with Gasteiger partial charge in [-0.3, -0.25) is 4.98 Å². The van der Waals surface area contributed by atoms with E-state index in [1.54, 1.807) is 7.11 Å². The summed E-state index contributed by atoms with van der Waals surface area (Å²) in [6, 6.07) is 3.70. The van der Waals surface area contributed by atoms with Crippen molar-refractivity contribution in [2.24, 2.45) is 0 Å². The fraction of sp³-hybridized carbons (Fsp3) is 0.615. The molecule has 18 heavy (non-hydrogen) atoms. The van der Waals surface area contributed by atoms with E-state index >= 15 is 0 Å². The van der Waals surface area contributed by atoms with Crippen LogP contribution in [0, 0.1) is 6.92 Å². The number of aliphatic hydroxyl groups is 2. The second kappa shape index (κ2) is 6.68. The van der Waals surface area contributed by atoms with Crippen molar-refractivity contribution in [2.45, 2.75) is 32.4 Å². The summed E-state index contributed by atoms with van der Waals surface area (Å²) in [5, 5.41) is 21.8. The lowest BCUT2D eigenvalue weighted by atomic mass is 9.98. The molecule has 5 heteroatoms. The highest BCUT2D eigenvalue weighted by Gasteiger charge is 2.25. The summed E-state index contributed by atoms with van der Waals surface area (Å²) < 4.78 is 5.18. The van der Waals surface area contributed by atoms with Gasteiger partial charge in [-0.05, 0) is 13.3 Å². The first-order valence-corrected chi connectivity index (χ1v) is 6.07. The molecule has 0 atom stereocenters. The molecule has 0 radical (unpaired) electrons. The van der Waals surface area contributed by atoms with Crippen LogP contribution in [0.4, 0.5) is 0 Å². The Morgan fingerprint density at radius 3 is 2.50 bits per heavy atom. The largest absolute Gasteiger partial charge is 0.497 e. The molecule has 102 valence electrons. The van der Waals surface area contributed by atoms with E-state index in [1.165, 1.54) is 0 Å². The molecule has 0 spiro atoms. The quantitative estimate of drug-likeness (QED) is 0.665. The van der Waals surface area contributed by atoms with E-state index in [4.69, 9.17) is 4.74 Å². The van der Waals surface area contributed by atoms with E-state index in [0.29, 0.717) is 13.0 Å². The van der Waals surface area contributed by atoms with Crippen LogP contribution < -0.4 is 10.1 Å². The Morgan fingerprint density at radius 1 is 1.33 bits per heavy atom. The number of aromatic nitrogens is 1. The van der Waals surface area contributed by atoms with E-state index < -0.39 is 5.54 Å². The smallest absolute Gasteiger partial charge is 0.122 e. The third-order valence-electron chi connectivity index (χ3n) is 3.14. The van der Waals surface area contributed by atoms with Crippen LogP contribution in [0.25, 0.3) is 0 Å². The van der Waals surface area contributed by atoms with Crippen molar-refractivity contribution in [3.63, 3.8) is 0 Å². The van der Waals surface area contributed by atoms with Crippen molar-refractivity contribution in [3.8, 4) is 5.75 Å². The average molecular weight is 254 g/mol. The molecular weight excluding hydrogens is 232 g/mol. The van der Waals surface area contributed by atoms with E-state index in [1.807, 2.05) is 26.0 Å². The van der Waals surface area contributed by atoms with Gasteiger partial charge < -0.3 is 20.3 Å². The molecule has 5 nitrogen and oxygen atoms in total. The number of rotatable bonds is 7. The minimum absolute atomic E-state index is 0.108. The summed E-state index contributed by atoms with van der Waals surface area (Å²) in [7, 11) is 1.61. The first-order chi connectivity index (χ1) is 8.59. The fourth-order valence-corrected chi connectivity index (χ4v) is 1.70. The minimum Gasteiger partial charge on any atom is -0.497 e. The zero-order chi connectivity index (χ0) is 13.6. The van der Waals surface area contributed by atoms with E-state index in [2.05, 4.69) is 10.3 Å². The van der Waals surface area contributed by atoms with Crippen molar-refractivity contribution < 1.29 is 14.9 Å². The number of nitrogens with one attached hydrogen (secondary N) is 1. The molecule has 0 aliphatic carbocycles. The number of nitrogens with zero attached hydrogens (tertiary/aromatic N) is 1. The van der Waals surface area contributed by atoms with Crippen molar-refractivity contribution in [1.82, 2.24) is 10.3 Å². The molecule has 0 fully saturated rings. The average Bonchev–Trinajstić information content (AvgIpc) is 2.40. The second-order valence-corrected chi connectivity index (χ2v) is 4.44. The first kappa shape index (κ1) is 14.9. The number of hydrogen-bond donors (Lipinski definition) is 3. The predicted molar refractivity (Wildman–Crippen MR) is 69.6 cm³/mol. The Labute approximate surface area is 108 Å². The normalized spacial score (nSPS) is 11.6. The number of aliphatic hydroxyl groups excluding tert-OH is 2. The Kier molecular flexibility index (Phi) is 5.53. The molecule has 0 aliphatic heterocycles. The minimum atomic E-state index is -0.654. The zero-order valence-corrected chi connectivity index (χ0v) is 11.2. The second-order valence-electron chi connectivity index (χ2n) is 4.44. The van der Waals surface area contributed by atoms with Gasteiger partial charge in [-0.1, -0.05) is 6.92 Å². The summed E-state index contributed by atoms with van der Waals surface area (Å²) in [6.45, 7) is 4.08. The fourth-order valence-electron chi connectivity index (χ4n) is 1.70. The van der Waals surface area contributed by atoms with E-state index in [-0.39, 0.29) is 13.2 Å². The molecule has 3 N–H and O–H groups in total. The highest BCUT2D eigenvalue weighted by atomic mass is 16.5. The highest BCUT2D eigenvalue weighted by Crippen LogP contribution is 2.15. The van der Waals surface area contributed by atoms with Crippen molar-refractivity contribution >= 4 is 0 Å². The predicted octanol–water partition coefficient (Wildman–Crippen LogP) is 0.622. The Bertz CT molecular complexity index is 370. The lowest BCUT2D eigenvalue weighted by Gasteiger charge is -2.29. The summed E-state index contributed by atoms with van der Waals surface area (Å²) in [6.07, 6.45) is 0.642. The number of methoxy groups -OCH3 is 1. The van der Waals surface area contributed by atoms with Crippen LogP contribution in [-0.4, -0.2) is 41.1 Å². The van der Waals surface area contributed by atoms with Gasteiger partial charge in [-0.25, -0.2) is 0 Å². The summed E-state index contributed by atoms with van der Waals surface area (Å²) in [5.74, 6) is 0.759. The van der Waals surface area contributed by atoms with Crippen LogP contribution in [0.1, 0.15) is 24.7 Å². The molecule has 0 saturated carbocycles. The molecule has 1 heterocycles. The Morgan fingerprint density at radius 2 is 2.00 bits per heavy atom. The zero-order valence-electron chi connectivity index (χ0n) is 11.2. The van der Waals surface area contributed by atoms with Gasteiger partial charge in [0.2, 0.25) is 0 Å². The molecule has 0 aliphatic rings. The van der Waals surface area contributed by atoms with Crippen molar-refractivity contribution in [1.29, 1.82) is 0 Å². The van der Waals surface area contributed by atoms with Gasteiger partial charge >= 0.3 is 0 Å². The highest BCUT2D eigenvalue weighted by molar-refractivity contribution is 5.26. The van der Waals surface area contributed by atoms with Gasteiger partial charge in [-0.15, -0.1) is 0 Å². The van der Waals surface area contributed by atoms with Crippen LogP contribution >= 0.6 is 0 Å². The first-order valence-electron chi connectivity index (χ1n) is 6.07. The Hall–Kier alpha value is -1.17. The molecule has 0 aromatic carbocycles. The maximum Gasteiger partial charge on any atom is 0.122 e. The monoisotopic (exact) mass is 254 g/mol. The maximum absolute atomic E-state index is 9.34. The lowest BCUT2D eigenvalue weighted by molar-refractivity contribution is 0.0861. The van der Waals surface area contributed by atoms with Crippen LogP contribution in [0.5, 0.6) is 5.75 Å². The molecule has 1 rings (SSSR count). The van der Waals surface area contributed by atoms with Gasteiger partial charge in [0.1, 0.15) is 5.75 Å². The van der Waals surface area contributed by atoms with Gasteiger partial charge in [0.25, 0.3) is 0 Å². The van der Waals surface area contributed by atoms with E-state index in [9.17, 15) is 10.2 Å². The third-order valence-corrected chi connectivity index (χ3v) is 3.14. The molecule has 0 bridgehead atoms. The number of ether oxygens (including phenoxy) is 1. The Balaban J connectivity index is 2.76. The lowest BCUT2D eigenvalue weighted by Crippen LogP contribution is -2.50. The SMILES string of the molecule is CCC(CO)(CO)NCc1cc(OC)cc(C)n1. The van der Waals surface area contributed by atoms with Gasteiger partial charge in [0.05, 0.1) is 31.6 Å². The molecule has 1 aromatic rings. The number of aryl methyl sites for hydroxylation is 1.